The van der Waals surface area contributed by atoms with E-state index in [9.17, 15) is 9.59 Å². The quantitative estimate of drug-likeness (QED) is 0.349. The lowest BCUT2D eigenvalue weighted by Crippen LogP contribution is -2.29. The molecule has 2 heterocycles. The first kappa shape index (κ1) is 20.3. The van der Waals surface area contributed by atoms with E-state index in [-0.39, 0.29) is 17.5 Å². The number of fused-ring (bicyclic) bond motifs is 5. The van der Waals surface area contributed by atoms with Crippen LogP contribution in [0.15, 0.2) is 81.7 Å². The number of para-hydroxylation sites is 1. The van der Waals surface area contributed by atoms with Crippen molar-refractivity contribution < 1.29 is 14.0 Å². The van der Waals surface area contributed by atoms with E-state index in [0.717, 1.165) is 15.6 Å². The summed E-state index contributed by atoms with van der Waals surface area (Å²) in [5, 5.41) is 0. The number of hydrogen-bond donors (Lipinski definition) is 1. The summed E-state index contributed by atoms with van der Waals surface area (Å²) in [6.45, 7) is 1.93. The van der Waals surface area contributed by atoms with Gasteiger partial charge in [-0.1, -0.05) is 52.3 Å². The molecule has 0 aliphatic carbocycles. The first-order valence-corrected chi connectivity index (χ1v) is 10.9. The zero-order chi connectivity index (χ0) is 22.4. The highest BCUT2D eigenvalue weighted by atomic mass is 79.9. The van der Waals surface area contributed by atoms with Gasteiger partial charge in [-0.3, -0.25) is 9.59 Å². The van der Waals surface area contributed by atoms with Crippen LogP contribution < -0.4 is 10.6 Å². The molecule has 1 amide bonds. The van der Waals surface area contributed by atoms with Gasteiger partial charge in [-0.05, 0) is 47.5 Å². The number of furan rings is 1. The predicted octanol–water partition coefficient (Wildman–Crippen LogP) is 6.06. The smallest absolute Gasteiger partial charge is 0.230 e. The standard InChI is InChI=1S/C26H19BrN2O3/c1-15(30)29-14-17-6-2-3-7-19(17)22-23(28)26(24(31)16-10-12-18(27)13-11-16)32-25(22)20-8-4-5-9-21(20)29/h2-13H,14,28H2,1H3. The molecule has 1 aromatic heterocycles. The van der Waals surface area contributed by atoms with Gasteiger partial charge in [0.1, 0.15) is 5.76 Å². The summed E-state index contributed by atoms with van der Waals surface area (Å²) in [6.07, 6.45) is 0. The van der Waals surface area contributed by atoms with Crippen LogP contribution in [0, 0.1) is 0 Å². The summed E-state index contributed by atoms with van der Waals surface area (Å²) in [7, 11) is 0. The molecule has 0 radical (unpaired) electrons. The molecule has 0 spiro atoms. The maximum absolute atomic E-state index is 13.3. The van der Waals surface area contributed by atoms with Crippen molar-refractivity contribution in [1.82, 2.24) is 0 Å². The van der Waals surface area contributed by atoms with E-state index in [1.54, 1.807) is 36.1 Å². The summed E-state index contributed by atoms with van der Waals surface area (Å²) < 4.78 is 7.08. The van der Waals surface area contributed by atoms with Gasteiger partial charge in [0.25, 0.3) is 0 Å². The number of nitrogen functional groups attached to an aromatic ring is 1. The number of hydrogen-bond acceptors (Lipinski definition) is 4. The van der Waals surface area contributed by atoms with Crippen LogP contribution in [0.5, 0.6) is 0 Å². The van der Waals surface area contributed by atoms with Crippen molar-refractivity contribution in [3.63, 3.8) is 0 Å². The fourth-order valence-corrected chi connectivity index (χ4v) is 4.41. The van der Waals surface area contributed by atoms with Gasteiger partial charge in [0.2, 0.25) is 11.7 Å². The van der Waals surface area contributed by atoms with Gasteiger partial charge in [0, 0.05) is 22.5 Å². The van der Waals surface area contributed by atoms with Gasteiger partial charge in [-0.15, -0.1) is 0 Å². The van der Waals surface area contributed by atoms with Crippen molar-refractivity contribution in [3.8, 4) is 22.5 Å². The normalized spacial score (nSPS) is 12.2. The highest BCUT2D eigenvalue weighted by Crippen LogP contribution is 2.47. The number of halogens is 1. The zero-order valence-electron chi connectivity index (χ0n) is 17.3. The van der Waals surface area contributed by atoms with Crippen molar-refractivity contribution in [1.29, 1.82) is 0 Å². The zero-order valence-corrected chi connectivity index (χ0v) is 18.8. The Kier molecular flexibility index (Phi) is 4.94. The third kappa shape index (κ3) is 3.24. The van der Waals surface area contributed by atoms with Crippen molar-refractivity contribution in [2.24, 2.45) is 0 Å². The molecule has 3 aromatic carbocycles. The number of rotatable bonds is 2. The average Bonchev–Trinajstić information content (AvgIpc) is 3.12. The van der Waals surface area contributed by atoms with E-state index < -0.39 is 0 Å². The molecule has 0 bridgehead atoms. The van der Waals surface area contributed by atoms with Gasteiger partial charge in [0.15, 0.2) is 5.76 Å². The Hall–Kier alpha value is -3.64. The van der Waals surface area contributed by atoms with Gasteiger partial charge in [0.05, 0.1) is 23.5 Å². The maximum Gasteiger partial charge on any atom is 0.230 e. The molecule has 158 valence electrons. The van der Waals surface area contributed by atoms with Crippen molar-refractivity contribution in [3.05, 3.63) is 94.2 Å². The molecule has 0 saturated carbocycles. The number of carbonyl (C=O) groups excluding carboxylic acids is 2. The van der Waals surface area contributed by atoms with Crippen LogP contribution >= 0.6 is 15.9 Å². The van der Waals surface area contributed by atoms with Crippen LogP contribution in [0.25, 0.3) is 22.5 Å². The van der Waals surface area contributed by atoms with E-state index in [1.165, 1.54) is 0 Å². The van der Waals surface area contributed by atoms with Crippen molar-refractivity contribution >= 4 is 39.0 Å². The summed E-state index contributed by atoms with van der Waals surface area (Å²) >= 11 is 3.39. The highest BCUT2D eigenvalue weighted by molar-refractivity contribution is 9.10. The maximum atomic E-state index is 13.3. The summed E-state index contributed by atoms with van der Waals surface area (Å²) in [6, 6.07) is 22.3. The lowest BCUT2D eigenvalue weighted by Gasteiger charge is -2.27. The highest BCUT2D eigenvalue weighted by Gasteiger charge is 2.31. The number of carbonyl (C=O) groups is 2. The Morgan fingerprint density at radius 3 is 2.31 bits per heavy atom. The van der Waals surface area contributed by atoms with Crippen LogP contribution in [0.1, 0.15) is 28.6 Å². The van der Waals surface area contributed by atoms with Crippen LogP contribution in [0.3, 0.4) is 0 Å². The topological polar surface area (TPSA) is 76.5 Å². The Balaban J connectivity index is 1.80. The molecule has 0 fully saturated rings. The minimum absolute atomic E-state index is 0.0820. The van der Waals surface area contributed by atoms with Gasteiger partial charge in [-0.25, -0.2) is 0 Å². The molecule has 5 rings (SSSR count). The summed E-state index contributed by atoms with van der Waals surface area (Å²) in [5.41, 5.74) is 11.2. The first-order valence-electron chi connectivity index (χ1n) is 10.1. The molecule has 0 atom stereocenters. The van der Waals surface area contributed by atoms with Crippen molar-refractivity contribution in [2.45, 2.75) is 13.5 Å². The SMILES string of the molecule is CC(=O)N1Cc2ccccc2-c2c(oc(C(=O)c3ccc(Br)cc3)c2N)-c2ccccc21. The molecule has 1 aliphatic rings. The van der Waals surface area contributed by atoms with Crippen molar-refractivity contribution in [2.75, 3.05) is 10.6 Å². The Morgan fingerprint density at radius 2 is 1.59 bits per heavy atom. The van der Waals surface area contributed by atoms with E-state index in [4.69, 9.17) is 10.2 Å². The largest absolute Gasteiger partial charge is 0.450 e. The van der Waals surface area contributed by atoms with E-state index in [1.807, 2.05) is 48.5 Å². The third-order valence-electron chi connectivity index (χ3n) is 5.69. The second kappa shape index (κ2) is 7.80. The van der Waals surface area contributed by atoms with E-state index in [2.05, 4.69) is 15.9 Å². The lowest BCUT2D eigenvalue weighted by molar-refractivity contribution is -0.116. The molecule has 6 heteroatoms. The fourth-order valence-electron chi connectivity index (χ4n) is 4.14. The monoisotopic (exact) mass is 486 g/mol. The number of amides is 1. The first-order chi connectivity index (χ1) is 15.5. The van der Waals surface area contributed by atoms with Gasteiger partial charge < -0.3 is 15.1 Å². The van der Waals surface area contributed by atoms with Crippen LogP contribution in [-0.2, 0) is 11.3 Å². The molecule has 0 saturated heterocycles. The molecule has 1 aliphatic heterocycles. The van der Waals surface area contributed by atoms with Gasteiger partial charge in [-0.2, -0.15) is 0 Å². The Labute approximate surface area is 193 Å². The average molecular weight is 487 g/mol. The van der Waals surface area contributed by atoms with Crippen LogP contribution in [0.4, 0.5) is 11.4 Å². The number of nitrogens with zero attached hydrogens (tertiary/aromatic N) is 1. The molecule has 4 aromatic rings. The molecular formula is C26H19BrN2O3. The van der Waals surface area contributed by atoms with Crippen LogP contribution in [0.2, 0.25) is 0 Å². The molecule has 0 unspecified atom stereocenters. The summed E-state index contributed by atoms with van der Waals surface area (Å²) in [4.78, 5) is 27.6. The third-order valence-corrected chi connectivity index (χ3v) is 6.22. The minimum atomic E-state index is -0.292. The van der Waals surface area contributed by atoms with E-state index >= 15 is 0 Å². The minimum Gasteiger partial charge on any atom is -0.450 e. The molecule has 5 nitrogen and oxygen atoms in total. The summed E-state index contributed by atoms with van der Waals surface area (Å²) in [5.74, 6) is 0.205. The van der Waals surface area contributed by atoms with Gasteiger partial charge >= 0.3 is 0 Å². The second-order valence-electron chi connectivity index (χ2n) is 7.66. The predicted molar refractivity (Wildman–Crippen MR) is 128 cm³/mol. The Morgan fingerprint density at radius 1 is 0.938 bits per heavy atom. The second-order valence-corrected chi connectivity index (χ2v) is 8.58. The number of ketones is 1. The molecule has 32 heavy (non-hydrogen) atoms. The fraction of sp³-hybridized carbons (Fsp3) is 0.0769. The Bertz CT molecular complexity index is 1370. The molecular weight excluding hydrogens is 468 g/mol. The number of nitrogens with two attached hydrogens (primary N) is 1. The van der Waals surface area contributed by atoms with E-state index in [0.29, 0.717) is 40.4 Å². The number of anilines is 2. The lowest BCUT2D eigenvalue weighted by atomic mass is 9.92. The molecule has 2 N–H and O–H groups in total. The van der Waals surface area contributed by atoms with Crippen LogP contribution in [-0.4, -0.2) is 11.7 Å². The number of benzene rings is 3.